The van der Waals surface area contributed by atoms with Gasteiger partial charge in [-0.15, -0.1) is 0 Å². The van der Waals surface area contributed by atoms with Gasteiger partial charge in [0.2, 0.25) is 0 Å². The maximum atomic E-state index is 11.2. The number of carboxylic acid groups (broad SMARTS) is 1. The molecule has 0 aliphatic carbocycles. The molecule has 94 valence electrons. The quantitative estimate of drug-likeness (QED) is 0.899. The van der Waals surface area contributed by atoms with E-state index >= 15 is 0 Å². The molecule has 0 fully saturated rings. The third-order valence-corrected chi connectivity index (χ3v) is 2.70. The molecule has 1 aromatic carbocycles. The number of aromatic nitrogens is 2. The van der Waals surface area contributed by atoms with Crippen LogP contribution in [0.5, 0.6) is 0 Å². The highest BCUT2D eigenvalue weighted by Gasteiger charge is 2.18. The highest BCUT2D eigenvalue weighted by molar-refractivity contribution is 5.88. The van der Waals surface area contributed by atoms with Crippen LogP contribution < -0.4 is 0 Å². The summed E-state index contributed by atoms with van der Waals surface area (Å²) in [5.41, 5.74) is 1.93. The fourth-order valence-corrected chi connectivity index (χ4v) is 1.93. The number of para-hydroxylation sites is 1. The second-order valence-corrected chi connectivity index (χ2v) is 4.66. The van der Waals surface area contributed by atoms with Crippen LogP contribution in [0.4, 0.5) is 0 Å². The second kappa shape index (κ2) is 5.04. The van der Waals surface area contributed by atoms with Gasteiger partial charge in [0, 0.05) is 0 Å². The molecule has 4 heteroatoms. The Labute approximate surface area is 106 Å². The number of benzene rings is 1. The van der Waals surface area contributed by atoms with Crippen molar-refractivity contribution in [3.63, 3.8) is 0 Å². The molecule has 0 aliphatic heterocycles. The van der Waals surface area contributed by atoms with Crippen LogP contribution >= 0.6 is 0 Å². The van der Waals surface area contributed by atoms with Gasteiger partial charge in [-0.2, -0.15) is 5.10 Å². The molecule has 0 amide bonds. The summed E-state index contributed by atoms with van der Waals surface area (Å²) in [6.07, 6.45) is 2.11. The van der Waals surface area contributed by atoms with E-state index in [0.717, 1.165) is 11.4 Å². The van der Waals surface area contributed by atoms with E-state index in [1.165, 1.54) is 6.20 Å². The zero-order chi connectivity index (χ0) is 13.1. The van der Waals surface area contributed by atoms with E-state index in [9.17, 15) is 9.90 Å². The van der Waals surface area contributed by atoms with Crippen molar-refractivity contribution >= 4 is 5.97 Å². The lowest BCUT2D eigenvalue weighted by molar-refractivity contribution is 0.0695. The summed E-state index contributed by atoms with van der Waals surface area (Å²) in [5.74, 6) is -0.546. The Bertz CT molecular complexity index is 544. The number of hydrogen-bond donors (Lipinski definition) is 1. The largest absolute Gasteiger partial charge is 0.478 e. The van der Waals surface area contributed by atoms with Crippen molar-refractivity contribution in [2.75, 3.05) is 0 Å². The van der Waals surface area contributed by atoms with Gasteiger partial charge in [-0.3, -0.25) is 0 Å². The minimum absolute atomic E-state index is 0.285. The summed E-state index contributed by atoms with van der Waals surface area (Å²) in [7, 11) is 0. The smallest absolute Gasteiger partial charge is 0.339 e. The van der Waals surface area contributed by atoms with E-state index in [1.807, 2.05) is 30.3 Å². The van der Waals surface area contributed by atoms with Crippen LogP contribution in [0.2, 0.25) is 0 Å². The Morgan fingerprint density at radius 3 is 2.56 bits per heavy atom. The summed E-state index contributed by atoms with van der Waals surface area (Å²) in [4.78, 5) is 11.2. The zero-order valence-electron chi connectivity index (χ0n) is 10.5. The first-order valence-electron chi connectivity index (χ1n) is 5.95. The fraction of sp³-hybridized carbons (Fsp3) is 0.286. The van der Waals surface area contributed by atoms with Crippen LogP contribution in [-0.2, 0) is 6.42 Å². The number of nitrogens with zero attached hydrogens (tertiary/aromatic N) is 2. The number of rotatable bonds is 4. The molecule has 0 saturated heterocycles. The van der Waals surface area contributed by atoms with Crippen molar-refractivity contribution in [1.29, 1.82) is 0 Å². The van der Waals surface area contributed by atoms with E-state index in [1.54, 1.807) is 4.68 Å². The van der Waals surface area contributed by atoms with Crippen molar-refractivity contribution in [3.05, 3.63) is 47.8 Å². The normalized spacial score (nSPS) is 10.8. The number of carbonyl (C=O) groups is 1. The molecule has 0 atom stereocenters. The maximum Gasteiger partial charge on any atom is 0.339 e. The first kappa shape index (κ1) is 12.4. The Balaban J connectivity index is 2.51. The number of aromatic carboxylic acids is 1. The summed E-state index contributed by atoms with van der Waals surface area (Å²) < 4.78 is 1.71. The summed E-state index contributed by atoms with van der Waals surface area (Å²) in [6.45, 7) is 4.13. The molecule has 0 bridgehead atoms. The molecule has 1 heterocycles. The summed E-state index contributed by atoms with van der Waals surface area (Å²) >= 11 is 0. The van der Waals surface area contributed by atoms with E-state index in [4.69, 9.17) is 0 Å². The van der Waals surface area contributed by atoms with Crippen LogP contribution in [-0.4, -0.2) is 20.9 Å². The van der Waals surface area contributed by atoms with Crippen molar-refractivity contribution in [1.82, 2.24) is 9.78 Å². The monoisotopic (exact) mass is 244 g/mol. The van der Waals surface area contributed by atoms with Gasteiger partial charge in [-0.25, -0.2) is 9.48 Å². The van der Waals surface area contributed by atoms with Gasteiger partial charge >= 0.3 is 5.97 Å². The van der Waals surface area contributed by atoms with Crippen LogP contribution in [0, 0.1) is 5.92 Å². The van der Waals surface area contributed by atoms with Gasteiger partial charge in [0.1, 0.15) is 5.56 Å². The van der Waals surface area contributed by atoms with Crippen molar-refractivity contribution in [3.8, 4) is 5.69 Å². The first-order valence-corrected chi connectivity index (χ1v) is 5.95. The lowest BCUT2D eigenvalue weighted by Gasteiger charge is -2.10. The third kappa shape index (κ3) is 2.42. The molecule has 2 rings (SSSR count). The molecule has 0 spiro atoms. The molecule has 1 aromatic heterocycles. The molecule has 4 nitrogen and oxygen atoms in total. The Hall–Kier alpha value is -2.10. The minimum Gasteiger partial charge on any atom is -0.478 e. The molecule has 0 radical (unpaired) electrons. The molecule has 0 saturated carbocycles. The third-order valence-electron chi connectivity index (χ3n) is 2.70. The molecule has 1 N–H and O–H groups in total. The predicted molar refractivity (Wildman–Crippen MR) is 69.1 cm³/mol. The lowest BCUT2D eigenvalue weighted by Crippen LogP contribution is -2.09. The van der Waals surface area contributed by atoms with Crippen LogP contribution in [0.3, 0.4) is 0 Å². The topological polar surface area (TPSA) is 55.1 Å². The first-order chi connectivity index (χ1) is 8.59. The Morgan fingerprint density at radius 1 is 1.33 bits per heavy atom. The SMILES string of the molecule is CC(C)Cc1c(C(=O)O)cnn1-c1ccccc1. The second-order valence-electron chi connectivity index (χ2n) is 4.66. The van der Waals surface area contributed by atoms with E-state index in [-0.39, 0.29) is 5.56 Å². The molecule has 18 heavy (non-hydrogen) atoms. The molecular weight excluding hydrogens is 228 g/mol. The average Bonchev–Trinajstić information content (AvgIpc) is 2.73. The van der Waals surface area contributed by atoms with Gasteiger partial charge in [0.05, 0.1) is 17.6 Å². The van der Waals surface area contributed by atoms with Gasteiger partial charge in [0.25, 0.3) is 0 Å². The number of carboxylic acids is 1. The summed E-state index contributed by atoms with van der Waals surface area (Å²) in [5, 5.41) is 13.4. The molecular formula is C14H16N2O2. The highest BCUT2D eigenvalue weighted by Crippen LogP contribution is 2.18. The number of hydrogen-bond acceptors (Lipinski definition) is 2. The molecule has 0 aliphatic rings. The minimum atomic E-state index is -0.923. The standard InChI is InChI=1S/C14H16N2O2/c1-10(2)8-13-12(14(17)18)9-15-16(13)11-6-4-3-5-7-11/h3-7,9-10H,8H2,1-2H3,(H,17,18). The lowest BCUT2D eigenvalue weighted by atomic mass is 10.0. The van der Waals surface area contributed by atoms with E-state index in [0.29, 0.717) is 12.3 Å². The van der Waals surface area contributed by atoms with Crippen molar-refractivity contribution in [2.24, 2.45) is 5.92 Å². The van der Waals surface area contributed by atoms with Gasteiger partial charge in [-0.1, -0.05) is 32.0 Å². The average molecular weight is 244 g/mol. The molecule has 0 unspecified atom stereocenters. The van der Waals surface area contributed by atoms with Crippen molar-refractivity contribution in [2.45, 2.75) is 20.3 Å². The van der Waals surface area contributed by atoms with Gasteiger partial charge in [0.15, 0.2) is 0 Å². The predicted octanol–water partition coefficient (Wildman–Crippen LogP) is 2.77. The summed E-state index contributed by atoms with van der Waals surface area (Å²) in [6, 6.07) is 9.59. The van der Waals surface area contributed by atoms with E-state index in [2.05, 4.69) is 18.9 Å². The van der Waals surface area contributed by atoms with Crippen molar-refractivity contribution < 1.29 is 9.90 Å². The van der Waals surface area contributed by atoms with Gasteiger partial charge < -0.3 is 5.11 Å². The van der Waals surface area contributed by atoms with Crippen LogP contribution in [0.15, 0.2) is 36.5 Å². The Morgan fingerprint density at radius 2 is 2.00 bits per heavy atom. The van der Waals surface area contributed by atoms with Gasteiger partial charge in [-0.05, 0) is 24.5 Å². The van der Waals surface area contributed by atoms with Crippen LogP contribution in [0.25, 0.3) is 5.69 Å². The Kier molecular flexibility index (Phi) is 3.46. The van der Waals surface area contributed by atoms with E-state index < -0.39 is 5.97 Å². The fourth-order valence-electron chi connectivity index (χ4n) is 1.93. The zero-order valence-corrected chi connectivity index (χ0v) is 10.5. The maximum absolute atomic E-state index is 11.2. The van der Waals surface area contributed by atoms with Crippen LogP contribution in [0.1, 0.15) is 29.9 Å². The highest BCUT2D eigenvalue weighted by atomic mass is 16.4. The molecule has 2 aromatic rings.